The maximum absolute atomic E-state index is 13.7. The Morgan fingerprint density at radius 1 is 1.22 bits per heavy atom. The van der Waals surface area contributed by atoms with E-state index in [4.69, 9.17) is 0 Å². The molecule has 0 aliphatic carbocycles. The minimum Gasteiger partial charge on any atom is -0.341 e. The van der Waals surface area contributed by atoms with Crippen molar-refractivity contribution in [3.63, 3.8) is 0 Å². The van der Waals surface area contributed by atoms with Crippen LogP contribution in [0.5, 0.6) is 0 Å². The molecule has 0 saturated carbocycles. The second-order valence-corrected chi connectivity index (χ2v) is 10.3. The SMILES string of the molecule is C[C@H](NS(=O)(=O)c1ccccc1F)C(=O)N1CCC(N(C)S(C)(=O)=O)CC1. The van der Waals surface area contributed by atoms with Crippen molar-refractivity contribution < 1.29 is 26.0 Å². The van der Waals surface area contributed by atoms with Crippen LogP contribution >= 0.6 is 0 Å². The zero-order valence-electron chi connectivity index (χ0n) is 15.4. The van der Waals surface area contributed by atoms with E-state index in [0.717, 1.165) is 18.4 Å². The number of rotatable bonds is 6. The largest absolute Gasteiger partial charge is 0.341 e. The molecule has 0 unspecified atom stereocenters. The molecular weight excluding hydrogens is 397 g/mol. The van der Waals surface area contributed by atoms with E-state index in [1.54, 1.807) is 0 Å². The van der Waals surface area contributed by atoms with Gasteiger partial charge in [-0.1, -0.05) is 12.1 Å². The van der Waals surface area contributed by atoms with Gasteiger partial charge in [0.15, 0.2) is 0 Å². The van der Waals surface area contributed by atoms with E-state index in [1.165, 1.54) is 35.3 Å². The normalized spacial score (nSPS) is 17.9. The number of benzene rings is 1. The molecule has 0 bridgehead atoms. The van der Waals surface area contributed by atoms with Crippen molar-refractivity contribution in [1.82, 2.24) is 13.9 Å². The monoisotopic (exact) mass is 421 g/mol. The third-order valence-corrected chi connectivity index (χ3v) is 7.56. The van der Waals surface area contributed by atoms with E-state index >= 15 is 0 Å². The lowest BCUT2D eigenvalue weighted by molar-refractivity contribution is -0.133. The van der Waals surface area contributed by atoms with Crippen molar-refractivity contribution in [2.24, 2.45) is 0 Å². The molecule has 11 heteroatoms. The first kappa shape index (κ1) is 21.7. The predicted molar refractivity (Wildman–Crippen MR) is 98.4 cm³/mol. The van der Waals surface area contributed by atoms with Gasteiger partial charge in [-0.15, -0.1) is 0 Å². The highest BCUT2D eigenvalue weighted by atomic mass is 32.2. The minimum atomic E-state index is -4.18. The summed E-state index contributed by atoms with van der Waals surface area (Å²) in [7, 11) is -5.99. The fraction of sp³-hybridized carbons (Fsp3) is 0.562. The maximum atomic E-state index is 13.7. The quantitative estimate of drug-likeness (QED) is 0.715. The van der Waals surface area contributed by atoms with Crippen LogP contribution in [-0.2, 0) is 24.8 Å². The Kier molecular flexibility index (Phi) is 6.61. The predicted octanol–water partition coefficient (Wildman–Crippen LogP) is 0.375. The minimum absolute atomic E-state index is 0.200. The Morgan fingerprint density at radius 3 is 2.30 bits per heavy atom. The molecule has 27 heavy (non-hydrogen) atoms. The van der Waals surface area contributed by atoms with Gasteiger partial charge in [0.1, 0.15) is 10.7 Å². The highest BCUT2D eigenvalue weighted by Crippen LogP contribution is 2.19. The Morgan fingerprint density at radius 2 is 1.78 bits per heavy atom. The van der Waals surface area contributed by atoms with E-state index in [0.29, 0.717) is 25.9 Å². The number of piperidine rings is 1. The summed E-state index contributed by atoms with van der Waals surface area (Å²) in [5.74, 6) is -1.33. The number of hydrogen-bond acceptors (Lipinski definition) is 5. The van der Waals surface area contributed by atoms with E-state index in [1.807, 2.05) is 0 Å². The topological polar surface area (TPSA) is 104 Å². The van der Waals surface area contributed by atoms with Crippen LogP contribution < -0.4 is 4.72 Å². The molecule has 1 aromatic carbocycles. The van der Waals surface area contributed by atoms with E-state index in [9.17, 15) is 26.0 Å². The first-order chi connectivity index (χ1) is 12.4. The summed E-state index contributed by atoms with van der Waals surface area (Å²) in [4.78, 5) is 13.5. The molecule has 1 aliphatic heterocycles. The summed E-state index contributed by atoms with van der Waals surface area (Å²) < 4.78 is 65.1. The van der Waals surface area contributed by atoms with Crippen LogP contribution in [0.1, 0.15) is 19.8 Å². The van der Waals surface area contributed by atoms with Crippen LogP contribution in [0, 0.1) is 5.82 Å². The number of carbonyl (C=O) groups is 1. The summed E-state index contributed by atoms with van der Waals surface area (Å²) in [6, 6.07) is 3.66. The molecule has 1 fully saturated rings. The zero-order chi connectivity index (χ0) is 20.4. The third kappa shape index (κ3) is 5.24. The summed E-state index contributed by atoms with van der Waals surface area (Å²) in [5, 5.41) is 0. The van der Waals surface area contributed by atoms with Crippen LogP contribution in [0.2, 0.25) is 0 Å². The van der Waals surface area contributed by atoms with Crippen molar-refractivity contribution in [1.29, 1.82) is 0 Å². The third-order valence-electron chi connectivity index (χ3n) is 4.64. The van der Waals surface area contributed by atoms with E-state index < -0.39 is 42.7 Å². The molecule has 1 aromatic rings. The summed E-state index contributed by atoms with van der Waals surface area (Å²) >= 11 is 0. The molecule has 0 aromatic heterocycles. The fourth-order valence-corrected chi connectivity index (χ4v) is 5.03. The number of halogens is 1. The van der Waals surface area contributed by atoms with Gasteiger partial charge in [-0.05, 0) is 31.9 Å². The number of nitrogens with zero attached hydrogens (tertiary/aromatic N) is 2. The first-order valence-corrected chi connectivity index (χ1v) is 11.8. The first-order valence-electron chi connectivity index (χ1n) is 8.42. The molecule has 152 valence electrons. The number of likely N-dealkylation sites (tertiary alicyclic amines) is 1. The van der Waals surface area contributed by atoms with Crippen LogP contribution in [0.4, 0.5) is 4.39 Å². The van der Waals surface area contributed by atoms with Crippen LogP contribution in [0.15, 0.2) is 29.2 Å². The number of nitrogens with one attached hydrogen (secondary N) is 1. The van der Waals surface area contributed by atoms with Gasteiger partial charge in [0.2, 0.25) is 26.0 Å². The molecule has 1 aliphatic rings. The molecule has 2 rings (SSSR count). The Hall–Kier alpha value is -1.56. The van der Waals surface area contributed by atoms with Gasteiger partial charge >= 0.3 is 0 Å². The summed E-state index contributed by atoms with van der Waals surface area (Å²) in [5.41, 5.74) is 0. The van der Waals surface area contributed by atoms with Crippen LogP contribution in [0.3, 0.4) is 0 Å². The standard InChI is InChI=1S/C16H24FN3O5S2/c1-12(18-27(24,25)15-7-5-4-6-14(15)17)16(21)20-10-8-13(9-11-20)19(2)26(3,22)23/h4-7,12-13,18H,8-11H2,1-3H3/t12-/m0/s1. The lowest BCUT2D eigenvalue weighted by atomic mass is 10.0. The molecule has 0 radical (unpaired) electrons. The number of amides is 1. The zero-order valence-corrected chi connectivity index (χ0v) is 17.1. The number of carbonyl (C=O) groups excluding carboxylic acids is 1. The van der Waals surface area contributed by atoms with Gasteiger partial charge in [0.05, 0.1) is 12.3 Å². The lowest BCUT2D eigenvalue weighted by Gasteiger charge is -2.36. The maximum Gasteiger partial charge on any atom is 0.244 e. The molecule has 1 saturated heterocycles. The summed E-state index contributed by atoms with van der Waals surface area (Å²) in [6.45, 7) is 2.03. The van der Waals surface area contributed by atoms with Crippen LogP contribution in [0.25, 0.3) is 0 Å². The molecule has 1 atom stereocenters. The highest BCUT2D eigenvalue weighted by Gasteiger charge is 2.32. The molecule has 1 amide bonds. The van der Waals surface area contributed by atoms with E-state index in [-0.39, 0.29) is 6.04 Å². The van der Waals surface area contributed by atoms with Crippen molar-refractivity contribution >= 4 is 26.0 Å². The molecular formula is C16H24FN3O5S2. The van der Waals surface area contributed by atoms with Gasteiger partial charge < -0.3 is 4.90 Å². The smallest absolute Gasteiger partial charge is 0.244 e. The Labute approximate surface area is 159 Å². The molecule has 1 N–H and O–H groups in total. The lowest BCUT2D eigenvalue weighted by Crippen LogP contribution is -2.52. The second-order valence-electron chi connectivity index (χ2n) is 6.61. The van der Waals surface area contributed by atoms with Crippen molar-refractivity contribution in [3.05, 3.63) is 30.1 Å². The Balaban J connectivity index is 2.00. The van der Waals surface area contributed by atoms with Crippen molar-refractivity contribution in [2.75, 3.05) is 26.4 Å². The average Bonchev–Trinajstić information content (AvgIpc) is 2.59. The summed E-state index contributed by atoms with van der Waals surface area (Å²) in [6.07, 6.45) is 2.05. The van der Waals surface area contributed by atoms with Gasteiger partial charge in [-0.3, -0.25) is 4.79 Å². The van der Waals surface area contributed by atoms with Crippen molar-refractivity contribution in [3.8, 4) is 0 Å². The molecule has 0 spiro atoms. The van der Waals surface area contributed by atoms with Gasteiger partial charge in [0.25, 0.3) is 0 Å². The van der Waals surface area contributed by atoms with Crippen LogP contribution in [-0.4, -0.2) is 70.4 Å². The molecule has 1 heterocycles. The van der Waals surface area contributed by atoms with Gasteiger partial charge in [0, 0.05) is 26.2 Å². The van der Waals surface area contributed by atoms with Crippen molar-refractivity contribution in [2.45, 2.75) is 36.7 Å². The highest BCUT2D eigenvalue weighted by molar-refractivity contribution is 7.89. The van der Waals surface area contributed by atoms with Gasteiger partial charge in [-0.25, -0.2) is 25.5 Å². The van der Waals surface area contributed by atoms with E-state index in [2.05, 4.69) is 4.72 Å². The Bertz CT molecular complexity index is 896. The average molecular weight is 422 g/mol. The number of hydrogen-bond donors (Lipinski definition) is 1. The fourth-order valence-electron chi connectivity index (χ4n) is 3.00. The second kappa shape index (κ2) is 8.21. The molecule has 8 nitrogen and oxygen atoms in total. The number of sulfonamides is 2. The van der Waals surface area contributed by atoms with Gasteiger partial charge in [-0.2, -0.15) is 4.72 Å².